The van der Waals surface area contributed by atoms with Crippen LogP contribution in [-0.4, -0.2) is 5.78 Å². The first-order valence-corrected chi connectivity index (χ1v) is 6.63. The summed E-state index contributed by atoms with van der Waals surface area (Å²) in [6.07, 6.45) is 8.53. The molecule has 0 saturated heterocycles. The second-order valence-corrected chi connectivity index (χ2v) is 5.26. The van der Waals surface area contributed by atoms with E-state index < -0.39 is 0 Å². The van der Waals surface area contributed by atoms with Gasteiger partial charge in [0, 0.05) is 6.42 Å². The highest BCUT2D eigenvalue weighted by Crippen LogP contribution is 2.37. The Bertz CT molecular complexity index is 470. The van der Waals surface area contributed by atoms with Crippen molar-refractivity contribution in [2.45, 2.75) is 44.4 Å². The molecule has 2 aliphatic rings. The summed E-state index contributed by atoms with van der Waals surface area (Å²) in [5.41, 5.74) is 4.42. The van der Waals surface area contributed by atoms with Gasteiger partial charge >= 0.3 is 0 Å². The minimum Gasteiger partial charge on any atom is -0.295 e. The summed E-state index contributed by atoms with van der Waals surface area (Å²) < 4.78 is 0. The summed E-state index contributed by atoms with van der Waals surface area (Å²) in [5, 5.41) is 0. The second-order valence-electron chi connectivity index (χ2n) is 5.26. The summed E-state index contributed by atoms with van der Waals surface area (Å²) >= 11 is 0. The van der Waals surface area contributed by atoms with Gasteiger partial charge in [-0.3, -0.25) is 4.79 Å². The SMILES string of the molecule is O=C1C=C(CC2CCCc3ccccc32)CC1. The van der Waals surface area contributed by atoms with Gasteiger partial charge in [-0.2, -0.15) is 0 Å². The van der Waals surface area contributed by atoms with Gasteiger partial charge in [-0.05, 0) is 55.2 Å². The van der Waals surface area contributed by atoms with Crippen molar-refractivity contribution in [1.29, 1.82) is 0 Å². The molecule has 88 valence electrons. The van der Waals surface area contributed by atoms with Crippen LogP contribution in [0.25, 0.3) is 0 Å². The zero-order valence-corrected chi connectivity index (χ0v) is 10.1. The largest absolute Gasteiger partial charge is 0.295 e. The van der Waals surface area contributed by atoms with Gasteiger partial charge in [0.2, 0.25) is 0 Å². The van der Waals surface area contributed by atoms with Gasteiger partial charge in [0.25, 0.3) is 0 Å². The topological polar surface area (TPSA) is 17.1 Å². The van der Waals surface area contributed by atoms with Gasteiger partial charge in [-0.15, -0.1) is 0 Å². The number of allylic oxidation sites excluding steroid dienone is 2. The molecular formula is C16H18O. The quantitative estimate of drug-likeness (QED) is 0.750. The van der Waals surface area contributed by atoms with E-state index in [-0.39, 0.29) is 0 Å². The van der Waals surface area contributed by atoms with E-state index in [0.717, 1.165) is 19.3 Å². The van der Waals surface area contributed by atoms with E-state index in [1.165, 1.54) is 36.0 Å². The maximum absolute atomic E-state index is 11.3. The van der Waals surface area contributed by atoms with Crippen LogP contribution in [0.15, 0.2) is 35.9 Å². The molecule has 0 aliphatic heterocycles. The fourth-order valence-electron chi connectivity index (χ4n) is 3.20. The molecule has 1 atom stereocenters. The Kier molecular flexibility index (Phi) is 2.84. The molecule has 1 heteroatoms. The van der Waals surface area contributed by atoms with Crippen molar-refractivity contribution in [3.05, 3.63) is 47.0 Å². The highest BCUT2D eigenvalue weighted by atomic mass is 16.1. The summed E-state index contributed by atoms with van der Waals surface area (Å²) in [6.45, 7) is 0. The van der Waals surface area contributed by atoms with Crippen LogP contribution in [0.1, 0.15) is 49.1 Å². The molecule has 1 unspecified atom stereocenters. The number of aryl methyl sites for hydroxylation is 1. The Morgan fingerprint density at radius 1 is 1.12 bits per heavy atom. The van der Waals surface area contributed by atoms with E-state index in [1.54, 1.807) is 0 Å². The number of carbonyl (C=O) groups is 1. The van der Waals surface area contributed by atoms with Crippen molar-refractivity contribution in [1.82, 2.24) is 0 Å². The van der Waals surface area contributed by atoms with E-state index in [0.29, 0.717) is 11.7 Å². The van der Waals surface area contributed by atoms with Gasteiger partial charge in [0.15, 0.2) is 5.78 Å². The fraction of sp³-hybridized carbons (Fsp3) is 0.438. The molecule has 0 N–H and O–H groups in total. The Morgan fingerprint density at radius 2 is 2.00 bits per heavy atom. The van der Waals surface area contributed by atoms with Crippen LogP contribution in [-0.2, 0) is 11.2 Å². The molecule has 0 saturated carbocycles. The molecule has 0 aromatic heterocycles. The lowest BCUT2D eigenvalue weighted by Crippen LogP contribution is -2.10. The lowest BCUT2D eigenvalue weighted by Gasteiger charge is -2.25. The molecule has 2 aliphatic carbocycles. The highest BCUT2D eigenvalue weighted by molar-refractivity contribution is 5.92. The summed E-state index contributed by atoms with van der Waals surface area (Å²) in [4.78, 5) is 11.3. The minimum atomic E-state index is 0.323. The van der Waals surface area contributed by atoms with E-state index in [9.17, 15) is 4.79 Å². The maximum Gasteiger partial charge on any atom is 0.155 e. The first-order chi connectivity index (χ1) is 8.33. The number of carbonyl (C=O) groups excluding carboxylic acids is 1. The van der Waals surface area contributed by atoms with Gasteiger partial charge in [0.1, 0.15) is 0 Å². The van der Waals surface area contributed by atoms with Gasteiger partial charge in [-0.1, -0.05) is 29.8 Å². The Hall–Kier alpha value is -1.37. The van der Waals surface area contributed by atoms with Gasteiger partial charge in [0.05, 0.1) is 0 Å². The van der Waals surface area contributed by atoms with Crippen LogP contribution in [0.5, 0.6) is 0 Å². The van der Waals surface area contributed by atoms with E-state index >= 15 is 0 Å². The lowest BCUT2D eigenvalue weighted by molar-refractivity contribution is -0.114. The van der Waals surface area contributed by atoms with Crippen LogP contribution in [0.4, 0.5) is 0 Å². The number of ketones is 1. The Morgan fingerprint density at radius 3 is 2.82 bits per heavy atom. The number of rotatable bonds is 2. The van der Waals surface area contributed by atoms with Crippen molar-refractivity contribution in [3.8, 4) is 0 Å². The summed E-state index contributed by atoms with van der Waals surface area (Å²) in [5.74, 6) is 0.973. The minimum absolute atomic E-state index is 0.323. The zero-order valence-electron chi connectivity index (χ0n) is 10.1. The van der Waals surface area contributed by atoms with Crippen LogP contribution in [0.3, 0.4) is 0 Å². The molecule has 0 amide bonds. The third kappa shape index (κ3) is 2.19. The monoisotopic (exact) mass is 226 g/mol. The maximum atomic E-state index is 11.3. The first kappa shape index (κ1) is 10.8. The fourth-order valence-corrected chi connectivity index (χ4v) is 3.20. The number of benzene rings is 1. The normalized spacial score (nSPS) is 23.4. The van der Waals surface area contributed by atoms with E-state index in [4.69, 9.17) is 0 Å². The zero-order chi connectivity index (χ0) is 11.7. The molecular weight excluding hydrogens is 208 g/mol. The molecule has 0 heterocycles. The van der Waals surface area contributed by atoms with Crippen LogP contribution >= 0.6 is 0 Å². The Labute approximate surface area is 103 Å². The third-order valence-corrected chi connectivity index (χ3v) is 4.06. The molecule has 1 aromatic rings. The van der Waals surface area contributed by atoms with Crippen molar-refractivity contribution in [2.75, 3.05) is 0 Å². The summed E-state index contributed by atoms with van der Waals surface area (Å²) in [6, 6.07) is 8.82. The highest BCUT2D eigenvalue weighted by Gasteiger charge is 2.22. The van der Waals surface area contributed by atoms with Gasteiger partial charge in [-0.25, -0.2) is 0 Å². The molecule has 17 heavy (non-hydrogen) atoms. The van der Waals surface area contributed by atoms with E-state index in [1.807, 2.05) is 6.08 Å². The van der Waals surface area contributed by atoms with Crippen LogP contribution in [0.2, 0.25) is 0 Å². The van der Waals surface area contributed by atoms with Gasteiger partial charge < -0.3 is 0 Å². The van der Waals surface area contributed by atoms with Crippen molar-refractivity contribution < 1.29 is 4.79 Å². The number of fused-ring (bicyclic) bond motifs is 1. The average Bonchev–Trinajstić information content (AvgIpc) is 2.75. The average molecular weight is 226 g/mol. The number of hydrogen-bond acceptors (Lipinski definition) is 1. The standard InChI is InChI=1S/C16H18O/c17-15-9-8-12(11-15)10-14-6-3-5-13-4-1-2-7-16(13)14/h1-2,4,7,11,14H,3,5-6,8-10H2. The van der Waals surface area contributed by atoms with Crippen molar-refractivity contribution in [2.24, 2.45) is 0 Å². The molecule has 3 rings (SSSR count). The molecule has 0 spiro atoms. The molecule has 0 bridgehead atoms. The molecule has 0 radical (unpaired) electrons. The van der Waals surface area contributed by atoms with E-state index in [2.05, 4.69) is 24.3 Å². The molecule has 1 aromatic carbocycles. The lowest BCUT2D eigenvalue weighted by atomic mass is 9.79. The van der Waals surface area contributed by atoms with Crippen molar-refractivity contribution >= 4 is 5.78 Å². The summed E-state index contributed by atoms with van der Waals surface area (Å²) in [7, 11) is 0. The smallest absolute Gasteiger partial charge is 0.155 e. The first-order valence-electron chi connectivity index (χ1n) is 6.63. The third-order valence-electron chi connectivity index (χ3n) is 4.06. The predicted octanol–water partition coefficient (Wildman–Crippen LogP) is 3.79. The van der Waals surface area contributed by atoms with Crippen molar-refractivity contribution in [3.63, 3.8) is 0 Å². The molecule has 1 nitrogen and oxygen atoms in total. The number of hydrogen-bond donors (Lipinski definition) is 0. The second kappa shape index (κ2) is 4.48. The predicted molar refractivity (Wildman–Crippen MR) is 69.1 cm³/mol. The Balaban J connectivity index is 1.81. The van der Waals surface area contributed by atoms with Crippen LogP contribution < -0.4 is 0 Å². The van der Waals surface area contributed by atoms with Crippen LogP contribution in [0, 0.1) is 0 Å². The molecule has 0 fully saturated rings.